The zero-order chi connectivity index (χ0) is 12.7. The van der Waals surface area contributed by atoms with Crippen LogP contribution < -0.4 is 0 Å². The summed E-state index contributed by atoms with van der Waals surface area (Å²) in [6.07, 6.45) is -2.05. The van der Waals surface area contributed by atoms with Crippen LogP contribution in [0.2, 0.25) is 0 Å². The van der Waals surface area contributed by atoms with Crippen LogP contribution in [0.15, 0.2) is 0 Å². The standard InChI is InChI=1S/C9H16F2N2O3/c1-3-4-13(6-8(14)15)9(16)12(2)5-7(10)11/h7H,3-6H2,1-2H3,(H,14,15). The van der Waals surface area contributed by atoms with Crippen LogP contribution in [0.25, 0.3) is 0 Å². The highest BCUT2D eigenvalue weighted by molar-refractivity contribution is 5.80. The fourth-order valence-corrected chi connectivity index (χ4v) is 1.20. The molecule has 0 saturated heterocycles. The highest BCUT2D eigenvalue weighted by Crippen LogP contribution is 2.02. The van der Waals surface area contributed by atoms with E-state index in [2.05, 4.69) is 0 Å². The number of alkyl halides is 2. The summed E-state index contributed by atoms with van der Waals surface area (Å²) in [5.41, 5.74) is 0. The van der Waals surface area contributed by atoms with Crippen molar-refractivity contribution in [2.75, 3.05) is 26.7 Å². The molecule has 0 rings (SSSR count). The monoisotopic (exact) mass is 238 g/mol. The molecule has 1 N–H and O–H groups in total. The lowest BCUT2D eigenvalue weighted by molar-refractivity contribution is -0.137. The molecule has 0 aromatic carbocycles. The molecule has 0 bridgehead atoms. The lowest BCUT2D eigenvalue weighted by Crippen LogP contribution is -2.45. The van der Waals surface area contributed by atoms with Crippen LogP contribution in [0.3, 0.4) is 0 Å². The molecular weight excluding hydrogens is 222 g/mol. The van der Waals surface area contributed by atoms with Gasteiger partial charge in [-0.2, -0.15) is 0 Å². The first kappa shape index (κ1) is 14.6. The van der Waals surface area contributed by atoms with Crippen molar-refractivity contribution in [3.05, 3.63) is 0 Å². The minimum absolute atomic E-state index is 0.235. The van der Waals surface area contributed by atoms with Crippen LogP contribution in [0.1, 0.15) is 13.3 Å². The van der Waals surface area contributed by atoms with E-state index in [1.165, 1.54) is 7.05 Å². The van der Waals surface area contributed by atoms with Crippen LogP contribution in [0.4, 0.5) is 13.6 Å². The van der Waals surface area contributed by atoms with E-state index < -0.39 is 31.5 Å². The average molecular weight is 238 g/mol. The molecule has 0 radical (unpaired) electrons. The number of carbonyl (C=O) groups is 2. The molecule has 7 heteroatoms. The molecule has 0 aliphatic carbocycles. The topological polar surface area (TPSA) is 60.9 Å². The first-order valence-electron chi connectivity index (χ1n) is 4.88. The second-order valence-corrected chi connectivity index (χ2v) is 3.37. The van der Waals surface area contributed by atoms with Crippen molar-refractivity contribution in [1.29, 1.82) is 0 Å². The molecule has 5 nitrogen and oxygen atoms in total. The fourth-order valence-electron chi connectivity index (χ4n) is 1.20. The number of carboxylic acids is 1. The molecule has 0 aliphatic rings. The maximum atomic E-state index is 12.0. The summed E-state index contributed by atoms with van der Waals surface area (Å²) in [6, 6.07) is -0.690. The number of halogens is 2. The van der Waals surface area contributed by atoms with E-state index in [-0.39, 0.29) is 6.54 Å². The van der Waals surface area contributed by atoms with Gasteiger partial charge < -0.3 is 14.9 Å². The molecule has 0 spiro atoms. The number of carbonyl (C=O) groups excluding carboxylic acids is 1. The van der Waals surface area contributed by atoms with E-state index in [9.17, 15) is 18.4 Å². The third kappa shape index (κ3) is 5.47. The highest BCUT2D eigenvalue weighted by Gasteiger charge is 2.21. The molecule has 0 heterocycles. The molecular formula is C9H16F2N2O3. The molecule has 94 valence electrons. The van der Waals surface area contributed by atoms with Gasteiger partial charge in [-0.05, 0) is 6.42 Å². The predicted molar refractivity (Wildman–Crippen MR) is 53.5 cm³/mol. The van der Waals surface area contributed by atoms with E-state index in [1.807, 2.05) is 0 Å². The van der Waals surface area contributed by atoms with Gasteiger partial charge in [-0.15, -0.1) is 0 Å². The van der Waals surface area contributed by atoms with Gasteiger partial charge in [0.25, 0.3) is 6.43 Å². The normalized spacial score (nSPS) is 10.3. The summed E-state index contributed by atoms with van der Waals surface area (Å²) in [5, 5.41) is 8.56. The van der Waals surface area contributed by atoms with Gasteiger partial charge >= 0.3 is 12.0 Å². The summed E-state index contributed by atoms with van der Waals surface area (Å²) in [7, 11) is 1.22. The predicted octanol–water partition coefficient (Wildman–Crippen LogP) is 1.10. The van der Waals surface area contributed by atoms with Crippen molar-refractivity contribution in [1.82, 2.24) is 9.80 Å². The summed E-state index contributed by atoms with van der Waals surface area (Å²) in [5.74, 6) is -1.16. The van der Waals surface area contributed by atoms with E-state index in [0.29, 0.717) is 6.42 Å². The molecule has 0 aromatic rings. The maximum Gasteiger partial charge on any atom is 0.323 e. The lowest BCUT2D eigenvalue weighted by Gasteiger charge is -2.26. The van der Waals surface area contributed by atoms with Crippen molar-refractivity contribution in [2.24, 2.45) is 0 Å². The number of urea groups is 1. The third-order valence-corrected chi connectivity index (χ3v) is 1.83. The Balaban J connectivity index is 4.40. The van der Waals surface area contributed by atoms with Gasteiger partial charge in [-0.25, -0.2) is 13.6 Å². The summed E-state index contributed by atoms with van der Waals surface area (Å²) in [6.45, 7) is 0.840. The van der Waals surface area contributed by atoms with Crippen LogP contribution >= 0.6 is 0 Å². The molecule has 0 fully saturated rings. The van der Waals surface area contributed by atoms with Gasteiger partial charge in [0.05, 0.1) is 6.54 Å². The van der Waals surface area contributed by atoms with E-state index in [4.69, 9.17) is 5.11 Å². The first-order valence-corrected chi connectivity index (χ1v) is 4.88. The fraction of sp³-hybridized carbons (Fsp3) is 0.778. The van der Waals surface area contributed by atoms with Crippen LogP contribution in [-0.4, -0.2) is 60.0 Å². The van der Waals surface area contributed by atoms with E-state index in [1.54, 1.807) is 6.92 Å². The van der Waals surface area contributed by atoms with Crippen molar-refractivity contribution < 1.29 is 23.5 Å². The van der Waals surface area contributed by atoms with E-state index >= 15 is 0 Å². The van der Waals surface area contributed by atoms with Crippen LogP contribution in [0.5, 0.6) is 0 Å². The zero-order valence-corrected chi connectivity index (χ0v) is 9.32. The minimum Gasteiger partial charge on any atom is -0.480 e. The lowest BCUT2D eigenvalue weighted by atomic mass is 10.4. The Morgan fingerprint density at radius 2 is 1.94 bits per heavy atom. The molecule has 0 atom stereocenters. The number of aliphatic carboxylic acids is 1. The average Bonchev–Trinajstić information content (AvgIpc) is 2.14. The van der Waals surface area contributed by atoms with Gasteiger partial charge in [-0.1, -0.05) is 6.92 Å². The van der Waals surface area contributed by atoms with Crippen molar-refractivity contribution >= 4 is 12.0 Å². The van der Waals surface area contributed by atoms with Crippen LogP contribution in [-0.2, 0) is 4.79 Å². The Morgan fingerprint density at radius 1 is 1.38 bits per heavy atom. The van der Waals surface area contributed by atoms with Gasteiger partial charge in [0, 0.05) is 13.6 Å². The molecule has 16 heavy (non-hydrogen) atoms. The smallest absolute Gasteiger partial charge is 0.323 e. The second kappa shape index (κ2) is 6.97. The number of hydrogen-bond donors (Lipinski definition) is 1. The third-order valence-electron chi connectivity index (χ3n) is 1.83. The quantitative estimate of drug-likeness (QED) is 0.753. The number of amides is 2. The summed E-state index contributed by atoms with van der Waals surface area (Å²) < 4.78 is 24.1. The first-order chi connectivity index (χ1) is 7.38. The van der Waals surface area contributed by atoms with E-state index in [0.717, 1.165) is 9.80 Å². The van der Waals surface area contributed by atoms with Crippen LogP contribution in [0, 0.1) is 0 Å². The van der Waals surface area contributed by atoms with Crippen molar-refractivity contribution in [3.8, 4) is 0 Å². The number of carboxylic acid groups (broad SMARTS) is 1. The maximum absolute atomic E-state index is 12.0. The zero-order valence-electron chi connectivity index (χ0n) is 9.32. The molecule has 0 aliphatic heterocycles. The molecule has 0 unspecified atom stereocenters. The van der Waals surface area contributed by atoms with Gasteiger partial charge in [0.15, 0.2) is 0 Å². The number of hydrogen-bond acceptors (Lipinski definition) is 2. The Bertz CT molecular complexity index is 249. The Labute approximate surface area is 92.6 Å². The van der Waals surface area contributed by atoms with Gasteiger partial charge in [0.1, 0.15) is 6.54 Å². The Morgan fingerprint density at radius 3 is 2.31 bits per heavy atom. The summed E-state index contributed by atoms with van der Waals surface area (Å²) in [4.78, 5) is 23.9. The minimum atomic E-state index is -2.62. The van der Waals surface area contributed by atoms with Crippen molar-refractivity contribution in [2.45, 2.75) is 19.8 Å². The SMILES string of the molecule is CCCN(CC(=O)O)C(=O)N(C)CC(F)F. The largest absolute Gasteiger partial charge is 0.480 e. The highest BCUT2D eigenvalue weighted by atomic mass is 19.3. The number of rotatable bonds is 6. The molecule has 0 aromatic heterocycles. The Hall–Kier alpha value is -1.40. The molecule has 0 saturated carbocycles. The number of nitrogens with zero attached hydrogens (tertiary/aromatic N) is 2. The molecule has 2 amide bonds. The van der Waals surface area contributed by atoms with Gasteiger partial charge in [0.2, 0.25) is 0 Å². The van der Waals surface area contributed by atoms with Gasteiger partial charge in [-0.3, -0.25) is 4.79 Å². The van der Waals surface area contributed by atoms with Crippen molar-refractivity contribution in [3.63, 3.8) is 0 Å². The summed E-state index contributed by atoms with van der Waals surface area (Å²) >= 11 is 0. The Kier molecular flexibility index (Phi) is 6.36. The second-order valence-electron chi connectivity index (χ2n) is 3.37.